The number of nitrogens with zero attached hydrogens (tertiary/aromatic N) is 3. The fraction of sp³-hybridized carbons (Fsp3) is 0.267. The molecule has 3 rings (SSSR count). The third-order valence-corrected chi connectivity index (χ3v) is 3.73. The summed E-state index contributed by atoms with van der Waals surface area (Å²) in [5.41, 5.74) is 8.39. The van der Waals surface area contributed by atoms with Gasteiger partial charge < -0.3 is 15.5 Å². The first-order chi connectivity index (χ1) is 11.1. The van der Waals surface area contributed by atoms with Gasteiger partial charge in [0, 0.05) is 5.88 Å². The molecule has 0 atom stereocenters. The lowest BCUT2D eigenvalue weighted by Gasteiger charge is -2.06. The molecule has 0 saturated carbocycles. The lowest BCUT2D eigenvalue weighted by atomic mass is 10.1. The minimum Gasteiger partial charge on any atom is -0.464 e. The number of anilines is 1. The van der Waals surface area contributed by atoms with E-state index >= 15 is 0 Å². The third-order valence-electron chi connectivity index (χ3n) is 3.42. The van der Waals surface area contributed by atoms with Gasteiger partial charge in [0.1, 0.15) is 5.52 Å². The van der Waals surface area contributed by atoms with Gasteiger partial charge in [-0.05, 0) is 18.1 Å². The van der Waals surface area contributed by atoms with Crippen LogP contribution in [0, 0.1) is 0 Å². The van der Waals surface area contributed by atoms with Crippen molar-refractivity contribution in [2.45, 2.75) is 19.3 Å². The summed E-state index contributed by atoms with van der Waals surface area (Å²) in [5.74, 6) is 0.640. The Bertz CT molecular complexity index is 885. The van der Waals surface area contributed by atoms with Crippen molar-refractivity contribution in [3.63, 3.8) is 0 Å². The number of nitrogens with one attached hydrogen (secondary N) is 1. The van der Waals surface area contributed by atoms with Crippen LogP contribution in [-0.4, -0.2) is 26.1 Å². The van der Waals surface area contributed by atoms with Crippen LogP contribution in [0.15, 0.2) is 29.1 Å². The second kappa shape index (κ2) is 6.29. The highest BCUT2D eigenvalue weighted by Crippen LogP contribution is 2.18. The van der Waals surface area contributed by atoms with E-state index in [2.05, 4.69) is 15.0 Å². The number of fused-ring (bicyclic) bond motifs is 1. The van der Waals surface area contributed by atoms with Gasteiger partial charge >= 0.3 is 11.7 Å². The summed E-state index contributed by atoms with van der Waals surface area (Å²) in [6.45, 7) is 2.61. The molecule has 0 radical (unpaired) electrons. The van der Waals surface area contributed by atoms with E-state index in [-0.39, 0.29) is 17.5 Å². The fourth-order valence-corrected chi connectivity index (χ4v) is 2.47. The molecule has 23 heavy (non-hydrogen) atoms. The summed E-state index contributed by atoms with van der Waals surface area (Å²) in [7, 11) is 0. The van der Waals surface area contributed by atoms with E-state index in [0.717, 1.165) is 11.1 Å². The lowest BCUT2D eigenvalue weighted by Crippen LogP contribution is -2.17. The minimum absolute atomic E-state index is 0.155. The Morgan fingerprint density at radius 1 is 1.26 bits per heavy atom. The topological polar surface area (TPSA) is 98.8 Å². The summed E-state index contributed by atoms with van der Waals surface area (Å²) >= 11 is 5.78. The van der Waals surface area contributed by atoms with Gasteiger partial charge in [0.05, 0.1) is 13.2 Å². The number of ether oxygens (including phenoxy) is 1. The predicted octanol–water partition coefficient (Wildman–Crippen LogP) is 1.89. The lowest BCUT2D eigenvalue weighted by molar-refractivity contribution is 0.314. The van der Waals surface area contributed by atoms with Crippen molar-refractivity contribution in [2.75, 3.05) is 12.3 Å². The molecule has 8 heteroatoms. The summed E-state index contributed by atoms with van der Waals surface area (Å²) in [6.07, 6.45) is 0. The number of halogens is 1. The first kappa shape index (κ1) is 15.4. The molecule has 120 valence electrons. The largest absolute Gasteiger partial charge is 0.464 e. The molecular weight excluding hydrogens is 318 g/mol. The molecule has 0 saturated heterocycles. The maximum Gasteiger partial charge on any atom is 0.328 e. The number of aromatic amines is 1. The average molecular weight is 334 g/mol. The predicted molar refractivity (Wildman–Crippen MR) is 88.8 cm³/mol. The molecular formula is C15H16ClN5O2. The van der Waals surface area contributed by atoms with Crippen LogP contribution >= 0.6 is 11.6 Å². The van der Waals surface area contributed by atoms with Gasteiger partial charge in [-0.25, -0.2) is 4.79 Å². The van der Waals surface area contributed by atoms with Crippen LogP contribution < -0.4 is 16.2 Å². The molecule has 0 aliphatic heterocycles. The number of rotatable bonds is 5. The highest BCUT2D eigenvalue weighted by atomic mass is 35.5. The van der Waals surface area contributed by atoms with Crippen molar-refractivity contribution in [1.29, 1.82) is 0 Å². The highest BCUT2D eigenvalue weighted by molar-refractivity contribution is 6.17. The van der Waals surface area contributed by atoms with Crippen LogP contribution in [0.2, 0.25) is 0 Å². The Morgan fingerprint density at radius 3 is 2.61 bits per heavy atom. The second-order valence-electron chi connectivity index (χ2n) is 4.99. The Labute approximate surface area is 137 Å². The highest BCUT2D eigenvalue weighted by Gasteiger charge is 2.14. The molecule has 2 aromatic heterocycles. The van der Waals surface area contributed by atoms with Gasteiger partial charge in [-0.1, -0.05) is 24.3 Å². The van der Waals surface area contributed by atoms with Crippen molar-refractivity contribution in [3.8, 4) is 6.01 Å². The normalized spacial score (nSPS) is 11.0. The van der Waals surface area contributed by atoms with E-state index < -0.39 is 0 Å². The van der Waals surface area contributed by atoms with E-state index in [0.29, 0.717) is 30.2 Å². The van der Waals surface area contributed by atoms with E-state index in [9.17, 15) is 4.79 Å². The summed E-state index contributed by atoms with van der Waals surface area (Å²) in [6, 6.07) is 7.87. The molecule has 0 aliphatic carbocycles. The number of alkyl halides is 1. The maximum absolute atomic E-state index is 12.2. The van der Waals surface area contributed by atoms with E-state index in [4.69, 9.17) is 22.1 Å². The molecule has 0 fully saturated rings. The minimum atomic E-state index is -0.295. The number of hydrogen-bond donors (Lipinski definition) is 2. The van der Waals surface area contributed by atoms with Gasteiger partial charge in [-0.2, -0.15) is 9.97 Å². The van der Waals surface area contributed by atoms with Crippen LogP contribution in [0.5, 0.6) is 6.01 Å². The number of nitrogens with two attached hydrogens (primary N) is 1. The average Bonchev–Trinajstić information content (AvgIpc) is 2.86. The summed E-state index contributed by atoms with van der Waals surface area (Å²) in [5, 5.41) is 0. The van der Waals surface area contributed by atoms with Gasteiger partial charge in [-0.15, -0.1) is 11.6 Å². The number of benzene rings is 1. The van der Waals surface area contributed by atoms with Crippen LogP contribution in [0.4, 0.5) is 5.82 Å². The molecule has 0 bridgehead atoms. The number of imidazole rings is 1. The Balaban J connectivity index is 2.05. The number of hydrogen-bond acceptors (Lipinski definition) is 5. The Morgan fingerprint density at radius 2 is 1.96 bits per heavy atom. The zero-order valence-corrected chi connectivity index (χ0v) is 13.3. The standard InChI is InChI=1S/C15H16ClN5O2/c1-2-23-14-19-12(17)11-13(20-14)21(15(22)18-11)8-10-5-3-9(7-16)4-6-10/h3-6H,2,7-8H2,1H3,(H,18,22)(H2,17,19,20). The molecule has 3 aromatic rings. The smallest absolute Gasteiger partial charge is 0.328 e. The van der Waals surface area contributed by atoms with E-state index in [1.807, 2.05) is 31.2 Å². The molecule has 3 N–H and O–H groups in total. The third kappa shape index (κ3) is 3.00. The van der Waals surface area contributed by atoms with Crippen molar-refractivity contribution in [2.24, 2.45) is 0 Å². The Hall–Kier alpha value is -2.54. The zero-order chi connectivity index (χ0) is 16.4. The number of nitrogen functional groups attached to an aromatic ring is 1. The maximum atomic E-state index is 12.2. The fourth-order valence-electron chi connectivity index (χ4n) is 2.29. The van der Waals surface area contributed by atoms with Gasteiger partial charge in [0.15, 0.2) is 11.5 Å². The van der Waals surface area contributed by atoms with Crippen LogP contribution in [0.1, 0.15) is 18.1 Å². The number of H-pyrrole nitrogens is 1. The van der Waals surface area contributed by atoms with Crippen molar-refractivity contribution >= 4 is 28.6 Å². The molecule has 2 heterocycles. The van der Waals surface area contributed by atoms with Crippen molar-refractivity contribution in [1.82, 2.24) is 19.5 Å². The first-order valence-electron chi connectivity index (χ1n) is 7.15. The molecule has 0 spiro atoms. The summed E-state index contributed by atoms with van der Waals surface area (Å²) in [4.78, 5) is 23.2. The van der Waals surface area contributed by atoms with Gasteiger partial charge in [0.2, 0.25) is 0 Å². The zero-order valence-electron chi connectivity index (χ0n) is 12.5. The van der Waals surface area contributed by atoms with Gasteiger partial charge in [-0.3, -0.25) is 4.57 Å². The Kier molecular flexibility index (Phi) is 4.20. The molecule has 1 aromatic carbocycles. The summed E-state index contributed by atoms with van der Waals surface area (Å²) < 4.78 is 6.80. The molecule has 0 unspecified atom stereocenters. The van der Waals surface area contributed by atoms with E-state index in [1.54, 1.807) is 0 Å². The van der Waals surface area contributed by atoms with Crippen LogP contribution in [-0.2, 0) is 12.4 Å². The SMILES string of the molecule is CCOc1nc(N)c2[nH]c(=O)n(Cc3ccc(CCl)cc3)c2n1. The quantitative estimate of drug-likeness (QED) is 0.695. The first-order valence-corrected chi connectivity index (χ1v) is 7.68. The van der Waals surface area contributed by atoms with Crippen molar-refractivity contribution in [3.05, 3.63) is 45.9 Å². The molecule has 0 amide bonds. The molecule has 0 aliphatic rings. The van der Waals surface area contributed by atoms with Gasteiger partial charge in [0.25, 0.3) is 0 Å². The van der Waals surface area contributed by atoms with Crippen molar-refractivity contribution < 1.29 is 4.74 Å². The second-order valence-corrected chi connectivity index (χ2v) is 5.26. The van der Waals surface area contributed by atoms with Crippen LogP contribution in [0.25, 0.3) is 11.2 Å². The van der Waals surface area contributed by atoms with Crippen LogP contribution in [0.3, 0.4) is 0 Å². The number of aromatic nitrogens is 4. The molecule has 7 nitrogen and oxygen atoms in total. The van der Waals surface area contributed by atoms with E-state index in [1.165, 1.54) is 4.57 Å². The monoisotopic (exact) mass is 333 g/mol.